The molecule has 154 valence electrons. The Morgan fingerprint density at radius 1 is 1.20 bits per heavy atom. The van der Waals surface area contributed by atoms with Crippen LogP contribution in [-0.2, 0) is 11.2 Å². The lowest BCUT2D eigenvalue weighted by Crippen LogP contribution is -2.45. The minimum absolute atomic E-state index is 0.316. The van der Waals surface area contributed by atoms with E-state index >= 15 is 0 Å². The molecule has 3 aromatic heterocycles. The van der Waals surface area contributed by atoms with Gasteiger partial charge in [-0.1, -0.05) is 30.2 Å². The first kappa shape index (κ1) is 18.2. The molecule has 8 heteroatoms. The maximum absolute atomic E-state index is 6.41. The van der Waals surface area contributed by atoms with Crippen molar-refractivity contribution in [1.82, 2.24) is 24.9 Å². The second-order valence-corrected chi connectivity index (χ2v) is 9.74. The Morgan fingerprint density at radius 2 is 2.10 bits per heavy atom. The summed E-state index contributed by atoms with van der Waals surface area (Å²) in [5, 5.41) is 1.07. The fourth-order valence-electron chi connectivity index (χ4n) is 4.92. The molecular formula is C22H24N6OS. The smallest absolute Gasteiger partial charge is 0.189 e. The van der Waals surface area contributed by atoms with E-state index in [1.165, 1.54) is 29.5 Å². The van der Waals surface area contributed by atoms with Gasteiger partial charge in [-0.05, 0) is 44.4 Å². The predicted octanol–water partition coefficient (Wildman–Crippen LogP) is 4.44. The van der Waals surface area contributed by atoms with Crippen LogP contribution < -0.4 is 4.90 Å². The van der Waals surface area contributed by atoms with Crippen molar-refractivity contribution >= 4 is 37.8 Å². The lowest BCUT2D eigenvalue weighted by atomic mass is 9.92. The molecule has 4 aromatic rings. The van der Waals surface area contributed by atoms with Crippen LogP contribution in [0.25, 0.3) is 21.4 Å². The fourth-order valence-corrected chi connectivity index (χ4v) is 6.14. The number of hydrogen-bond acceptors (Lipinski definition) is 7. The van der Waals surface area contributed by atoms with Gasteiger partial charge in [-0.3, -0.25) is 0 Å². The largest absolute Gasteiger partial charge is 0.351 e. The molecule has 2 aliphatic rings. The first-order valence-corrected chi connectivity index (χ1v) is 11.4. The summed E-state index contributed by atoms with van der Waals surface area (Å²) in [4.78, 5) is 23.7. The number of aromatic nitrogens is 5. The number of hydrogen-bond donors (Lipinski definition) is 1. The molecule has 1 aliphatic heterocycles. The quantitative estimate of drug-likeness (QED) is 0.528. The Bertz CT molecular complexity index is 1230. The van der Waals surface area contributed by atoms with Crippen molar-refractivity contribution in [1.29, 1.82) is 0 Å². The Balaban J connectivity index is 1.32. The zero-order valence-electron chi connectivity index (χ0n) is 17.1. The third-order valence-corrected chi connectivity index (χ3v) is 7.27. The molecule has 1 N–H and O–H groups in total. The Morgan fingerprint density at radius 3 is 3.03 bits per heavy atom. The van der Waals surface area contributed by atoms with Crippen molar-refractivity contribution in [3.63, 3.8) is 0 Å². The zero-order chi connectivity index (χ0) is 20.3. The van der Waals surface area contributed by atoms with E-state index in [1.54, 1.807) is 23.9 Å². The van der Waals surface area contributed by atoms with Crippen molar-refractivity contribution in [2.45, 2.75) is 63.8 Å². The van der Waals surface area contributed by atoms with Gasteiger partial charge in [0.2, 0.25) is 0 Å². The van der Waals surface area contributed by atoms with Crippen LogP contribution in [0.2, 0.25) is 0 Å². The summed E-state index contributed by atoms with van der Waals surface area (Å²) in [5.41, 5.74) is 3.47. The van der Waals surface area contributed by atoms with Gasteiger partial charge >= 0.3 is 0 Å². The van der Waals surface area contributed by atoms with Crippen LogP contribution in [0.1, 0.15) is 50.9 Å². The molecule has 0 spiro atoms. The van der Waals surface area contributed by atoms with Crippen LogP contribution in [0.3, 0.4) is 0 Å². The number of ether oxygens (including phenoxy) is 1. The molecule has 1 saturated heterocycles. The van der Waals surface area contributed by atoms with Gasteiger partial charge in [0.25, 0.3) is 0 Å². The minimum Gasteiger partial charge on any atom is -0.351 e. The number of aromatic amines is 1. The zero-order valence-corrected chi connectivity index (χ0v) is 17.9. The van der Waals surface area contributed by atoms with Crippen LogP contribution in [0.4, 0.5) is 5.13 Å². The van der Waals surface area contributed by atoms with Gasteiger partial charge in [0.05, 0.1) is 34.9 Å². The van der Waals surface area contributed by atoms with Crippen molar-refractivity contribution in [3.05, 3.63) is 42.1 Å². The summed E-state index contributed by atoms with van der Waals surface area (Å²) in [7, 11) is 0. The highest BCUT2D eigenvalue weighted by Crippen LogP contribution is 2.44. The number of fused-ring (bicyclic) bond motifs is 3. The number of rotatable bonds is 3. The molecule has 2 atom stereocenters. The summed E-state index contributed by atoms with van der Waals surface area (Å²) in [5.74, 6) is 0.776. The van der Waals surface area contributed by atoms with E-state index in [0.717, 1.165) is 28.4 Å². The molecule has 6 rings (SSSR count). The average Bonchev–Trinajstić information content (AvgIpc) is 3.40. The van der Waals surface area contributed by atoms with Gasteiger partial charge in [0.1, 0.15) is 17.1 Å². The van der Waals surface area contributed by atoms with Crippen molar-refractivity contribution in [2.75, 3.05) is 4.90 Å². The van der Waals surface area contributed by atoms with Crippen molar-refractivity contribution < 1.29 is 4.74 Å². The van der Waals surface area contributed by atoms with Crippen LogP contribution in [-0.4, -0.2) is 42.8 Å². The SMILES string of the molecule is CC1(C)O[C@@H]2CCCC[C@H]2N1c1nc2ccc(Cc3ncc4[nH]cnc4n3)cc2s1. The second kappa shape index (κ2) is 6.72. The first-order chi connectivity index (χ1) is 14.6. The number of anilines is 1. The number of thiazole rings is 1. The molecular weight excluding hydrogens is 396 g/mol. The summed E-state index contributed by atoms with van der Waals surface area (Å²) in [6.07, 6.45) is 9.31. The second-order valence-electron chi connectivity index (χ2n) is 8.73. The fraction of sp³-hybridized carbons (Fsp3) is 0.455. The van der Waals surface area contributed by atoms with Crippen molar-refractivity contribution in [2.24, 2.45) is 0 Å². The van der Waals surface area contributed by atoms with Gasteiger partial charge in [0.15, 0.2) is 10.8 Å². The highest BCUT2D eigenvalue weighted by molar-refractivity contribution is 7.22. The number of H-pyrrole nitrogens is 1. The maximum atomic E-state index is 6.41. The lowest BCUT2D eigenvalue weighted by Gasteiger charge is -2.34. The van der Waals surface area contributed by atoms with Crippen LogP contribution >= 0.6 is 11.3 Å². The Labute approximate surface area is 178 Å². The van der Waals surface area contributed by atoms with E-state index in [0.29, 0.717) is 24.2 Å². The molecule has 2 fully saturated rings. The topological polar surface area (TPSA) is 79.8 Å². The van der Waals surface area contributed by atoms with E-state index in [4.69, 9.17) is 9.72 Å². The van der Waals surface area contributed by atoms with E-state index in [9.17, 15) is 0 Å². The molecule has 0 amide bonds. The third kappa shape index (κ3) is 2.97. The highest BCUT2D eigenvalue weighted by atomic mass is 32.1. The van der Waals surface area contributed by atoms with E-state index in [-0.39, 0.29) is 5.72 Å². The summed E-state index contributed by atoms with van der Waals surface area (Å²) >= 11 is 1.76. The highest BCUT2D eigenvalue weighted by Gasteiger charge is 2.49. The monoisotopic (exact) mass is 420 g/mol. The van der Waals surface area contributed by atoms with Crippen LogP contribution in [0.15, 0.2) is 30.7 Å². The summed E-state index contributed by atoms with van der Waals surface area (Å²) in [6, 6.07) is 6.89. The van der Waals surface area contributed by atoms with Gasteiger partial charge < -0.3 is 14.6 Å². The number of nitrogens with one attached hydrogen (secondary N) is 1. The van der Waals surface area contributed by atoms with Crippen LogP contribution in [0.5, 0.6) is 0 Å². The molecule has 4 heterocycles. The number of nitrogens with zero attached hydrogens (tertiary/aromatic N) is 5. The normalized spacial score (nSPS) is 23.3. The number of imidazole rings is 1. The molecule has 0 bridgehead atoms. The van der Waals surface area contributed by atoms with E-state index < -0.39 is 0 Å². The third-order valence-electron chi connectivity index (χ3n) is 6.25. The lowest BCUT2D eigenvalue weighted by molar-refractivity contribution is -0.0243. The number of benzene rings is 1. The molecule has 7 nitrogen and oxygen atoms in total. The average molecular weight is 421 g/mol. The molecule has 1 aromatic carbocycles. The van der Waals surface area contributed by atoms with Gasteiger partial charge in [-0.25, -0.2) is 19.9 Å². The van der Waals surface area contributed by atoms with Crippen LogP contribution in [0, 0.1) is 0 Å². The standard InChI is InChI=1S/C22H24N6OS/c1-22(2)28(16-5-3-4-6-17(16)29-22)21-26-14-8-7-13(9-18(14)30-21)10-19-23-11-15-20(27-19)25-12-24-15/h7-9,11-12,16-17H,3-6,10H2,1-2H3,(H,23,24,25,27)/t16-,17-/m1/s1. The molecule has 0 radical (unpaired) electrons. The molecule has 30 heavy (non-hydrogen) atoms. The van der Waals surface area contributed by atoms with E-state index in [1.807, 2.05) is 0 Å². The molecule has 1 aliphatic carbocycles. The summed E-state index contributed by atoms with van der Waals surface area (Å²) in [6.45, 7) is 4.34. The molecule has 1 saturated carbocycles. The van der Waals surface area contributed by atoms with Crippen molar-refractivity contribution in [3.8, 4) is 0 Å². The summed E-state index contributed by atoms with van der Waals surface area (Å²) < 4.78 is 7.61. The first-order valence-electron chi connectivity index (χ1n) is 10.6. The molecule has 0 unspecified atom stereocenters. The maximum Gasteiger partial charge on any atom is 0.189 e. The van der Waals surface area contributed by atoms with E-state index in [2.05, 4.69) is 56.9 Å². The predicted molar refractivity (Wildman–Crippen MR) is 118 cm³/mol. The van der Waals surface area contributed by atoms with Gasteiger partial charge in [0, 0.05) is 6.42 Å². The van der Waals surface area contributed by atoms with Gasteiger partial charge in [-0.15, -0.1) is 0 Å². The Kier molecular flexibility index (Phi) is 4.08. The Hall–Kier alpha value is -2.58. The minimum atomic E-state index is -0.316. The van der Waals surface area contributed by atoms with Gasteiger partial charge in [-0.2, -0.15) is 0 Å².